The first-order chi connectivity index (χ1) is 9.80. The van der Waals surface area contributed by atoms with Crippen LogP contribution in [0.2, 0.25) is 0 Å². The summed E-state index contributed by atoms with van der Waals surface area (Å²) in [5.41, 5.74) is 12.1. The van der Waals surface area contributed by atoms with E-state index in [0.29, 0.717) is 5.75 Å². The van der Waals surface area contributed by atoms with Gasteiger partial charge in [0.25, 0.3) is 0 Å². The molecule has 2 atom stereocenters. The third-order valence-corrected chi connectivity index (χ3v) is 3.38. The molecular weight excluding hydrogens is 297 g/mol. The molecule has 114 valence electrons. The Hall–Kier alpha value is -1.86. The summed E-state index contributed by atoms with van der Waals surface area (Å²) < 4.78 is 20.2. The lowest BCUT2D eigenvalue weighted by Gasteiger charge is -2.12. The molecule has 6 N–H and O–H groups in total. The SMILES string of the molecule is COc1ccc2[nH]cc(C[C@H](N)C(=O)OP(N)(=O)O)c2c1. The highest BCUT2D eigenvalue weighted by atomic mass is 31.2. The van der Waals surface area contributed by atoms with E-state index in [4.69, 9.17) is 20.9 Å². The molecule has 0 spiro atoms. The molecule has 9 heteroatoms. The van der Waals surface area contributed by atoms with Crippen molar-refractivity contribution >= 4 is 24.6 Å². The molecule has 0 bridgehead atoms. The molecule has 0 saturated carbocycles. The van der Waals surface area contributed by atoms with Crippen molar-refractivity contribution in [2.75, 3.05) is 7.11 Å². The number of nitrogens with one attached hydrogen (secondary N) is 1. The summed E-state index contributed by atoms with van der Waals surface area (Å²) >= 11 is 0. The molecule has 0 amide bonds. The maximum atomic E-state index is 11.5. The van der Waals surface area contributed by atoms with E-state index in [1.54, 1.807) is 25.4 Å². The first kappa shape index (κ1) is 15.5. The Morgan fingerprint density at radius 2 is 2.24 bits per heavy atom. The fourth-order valence-corrected chi connectivity index (χ4v) is 2.36. The van der Waals surface area contributed by atoms with Gasteiger partial charge in [-0.15, -0.1) is 0 Å². The Kier molecular flexibility index (Phi) is 4.34. The minimum atomic E-state index is -4.38. The second-order valence-corrected chi connectivity index (χ2v) is 5.82. The van der Waals surface area contributed by atoms with Gasteiger partial charge in [-0.1, -0.05) is 0 Å². The number of rotatable bonds is 5. The van der Waals surface area contributed by atoms with Gasteiger partial charge in [0.15, 0.2) is 0 Å². The number of methoxy groups -OCH3 is 1. The van der Waals surface area contributed by atoms with E-state index in [-0.39, 0.29) is 6.42 Å². The summed E-state index contributed by atoms with van der Waals surface area (Å²) in [5, 5.41) is 0.845. The van der Waals surface area contributed by atoms with E-state index in [1.807, 2.05) is 6.07 Å². The normalized spacial score (nSPS) is 15.4. The van der Waals surface area contributed by atoms with Crippen LogP contribution in [-0.2, 0) is 20.3 Å². The van der Waals surface area contributed by atoms with E-state index >= 15 is 0 Å². The van der Waals surface area contributed by atoms with E-state index in [9.17, 15) is 9.36 Å². The maximum absolute atomic E-state index is 11.5. The van der Waals surface area contributed by atoms with Crippen molar-refractivity contribution < 1.29 is 23.5 Å². The molecule has 8 nitrogen and oxygen atoms in total. The van der Waals surface area contributed by atoms with Gasteiger partial charge >= 0.3 is 13.7 Å². The van der Waals surface area contributed by atoms with Crippen LogP contribution < -0.4 is 16.0 Å². The number of nitrogens with two attached hydrogens (primary N) is 2. The fourth-order valence-electron chi connectivity index (χ4n) is 1.97. The number of carbonyl (C=O) groups is 1. The molecule has 21 heavy (non-hydrogen) atoms. The molecule has 2 rings (SSSR count). The number of hydrogen-bond donors (Lipinski definition) is 4. The molecule has 0 aliphatic heterocycles. The van der Waals surface area contributed by atoms with Crippen LogP contribution in [0.25, 0.3) is 10.9 Å². The number of H-pyrrole nitrogens is 1. The molecule has 0 aliphatic rings. The van der Waals surface area contributed by atoms with Crippen molar-refractivity contribution in [3.63, 3.8) is 0 Å². The van der Waals surface area contributed by atoms with Crippen LogP contribution >= 0.6 is 7.75 Å². The second-order valence-electron chi connectivity index (χ2n) is 4.51. The van der Waals surface area contributed by atoms with E-state index in [1.165, 1.54) is 0 Å². The van der Waals surface area contributed by atoms with Crippen molar-refractivity contribution in [1.82, 2.24) is 4.98 Å². The molecule has 1 aromatic heterocycles. The second kappa shape index (κ2) is 5.87. The average molecular weight is 313 g/mol. The monoisotopic (exact) mass is 313 g/mol. The number of ether oxygens (including phenoxy) is 1. The van der Waals surface area contributed by atoms with Crippen LogP contribution in [0.3, 0.4) is 0 Å². The standard InChI is InChI=1S/C12H16N3O5P/c1-19-8-2-3-11-9(5-8)7(6-15-11)4-10(13)12(16)20-21(14,17)18/h2-3,5-6,10,15H,4,13H2,1H3,(H3,14,17,18)/t10-/m0/s1. The van der Waals surface area contributed by atoms with Crippen LogP contribution in [0.5, 0.6) is 5.75 Å². The first-order valence-electron chi connectivity index (χ1n) is 6.04. The molecular formula is C12H16N3O5P. The largest absolute Gasteiger partial charge is 0.497 e. The van der Waals surface area contributed by atoms with E-state index in [2.05, 4.69) is 9.51 Å². The predicted molar refractivity (Wildman–Crippen MR) is 76.6 cm³/mol. The highest BCUT2D eigenvalue weighted by Gasteiger charge is 2.24. The summed E-state index contributed by atoms with van der Waals surface area (Å²) in [6.07, 6.45) is 1.84. The molecule has 1 aromatic carbocycles. The summed E-state index contributed by atoms with van der Waals surface area (Å²) in [4.78, 5) is 23.4. The predicted octanol–water partition coefficient (Wildman–Crippen LogP) is 0.649. The van der Waals surface area contributed by atoms with Gasteiger partial charge in [0.05, 0.1) is 7.11 Å². The summed E-state index contributed by atoms with van der Waals surface area (Å²) in [6.45, 7) is 0. The summed E-state index contributed by atoms with van der Waals surface area (Å²) in [7, 11) is -2.83. The quantitative estimate of drug-likeness (QED) is 0.594. The number of aromatic nitrogens is 1. The number of hydrogen-bond acceptors (Lipinski definition) is 5. The zero-order chi connectivity index (χ0) is 15.6. The van der Waals surface area contributed by atoms with Gasteiger partial charge in [0.2, 0.25) is 0 Å². The third-order valence-electron chi connectivity index (χ3n) is 2.94. The van der Waals surface area contributed by atoms with E-state index in [0.717, 1.165) is 16.5 Å². The fraction of sp³-hybridized carbons (Fsp3) is 0.250. The first-order valence-corrected chi connectivity index (χ1v) is 7.69. The highest BCUT2D eigenvalue weighted by molar-refractivity contribution is 7.50. The lowest BCUT2D eigenvalue weighted by Crippen LogP contribution is -2.34. The van der Waals surface area contributed by atoms with Crippen molar-refractivity contribution in [2.45, 2.75) is 12.5 Å². The van der Waals surface area contributed by atoms with Crippen LogP contribution in [0, 0.1) is 0 Å². The molecule has 0 aliphatic carbocycles. The number of fused-ring (bicyclic) bond motifs is 1. The number of aromatic amines is 1. The van der Waals surface area contributed by atoms with Gasteiger partial charge in [0.1, 0.15) is 11.8 Å². The smallest absolute Gasteiger partial charge is 0.455 e. The Morgan fingerprint density at radius 1 is 1.52 bits per heavy atom. The number of benzene rings is 1. The highest BCUT2D eigenvalue weighted by Crippen LogP contribution is 2.32. The van der Waals surface area contributed by atoms with Crippen LogP contribution in [0.4, 0.5) is 0 Å². The van der Waals surface area contributed by atoms with Crippen molar-refractivity contribution in [3.8, 4) is 5.75 Å². The van der Waals surface area contributed by atoms with Gasteiger partial charge in [-0.3, -0.25) is 0 Å². The summed E-state index contributed by atoms with van der Waals surface area (Å²) in [5.74, 6) is -0.359. The number of carbonyl (C=O) groups excluding carboxylic acids is 1. The maximum Gasteiger partial charge on any atom is 0.455 e. The molecule has 0 radical (unpaired) electrons. The molecule has 2 aromatic rings. The minimum absolute atomic E-state index is 0.131. The van der Waals surface area contributed by atoms with Crippen molar-refractivity contribution in [1.29, 1.82) is 0 Å². The Labute approximate surface area is 120 Å². The van der Waals surface area contributed by atoms with Crippen LogP contribution in [-0.4, -0.2) is 29.0 Å². The molecule has 1 unspecified atom stereocenters. The average Bonchev–Trinajstić information content (AvgIpc) is 2.79. The Morgan fingerprint density at radius 3 is 2.86 bits per heavy atom. The zero-order valence-corrected chi connectivity index (χ0v) is 12.2. The van der Waals surface area contributed by atoms with E-state index < -0.39 is 19.8 Å². The summed E-state index contributed by atoms with van der Waals surface area (Å²) in [6, 6.07) is 4.34. The zero-order valence-electron chi connectivity index (χ0n) is 11.3. The van der Waals surface area contributed by atoms with Gasteiger partial charge in [-0.2, -0.15) is 0 Å². The van der Waals surface area contributed by atoms with Crippen LogP contribution in [0.15, 0.2) is 24.4 Å². The molecule has 0 saturated heterocycles. The van der Waals surface area contributed by atoms with Gasteiger partial charge in [-0.25, -0.2) is 14.9 Å². The Bertz CT molecular complexity index is 708. The van der Waals surface area contributed by atoms with Crippen molar-refractivity contribution in [2.24, 2.45) is 11.2 Å². The molecule has 1 heterocycles. The van der Waals surface area contributed by atoms with Crippen molar-refractivity contribution in [3.05, 3.63) is 30.0 Å². The minimum Gasteiger partial charge on any atom is -0.497 e. The Balaban J connectivity index is 2.19. The lowest BCUT2D eigenvalue weighted by atomic mass is 10.1. The van der Waals surface area contributed by atoms with Gasteiger partial charge in [0, 0.05) is 23.5 Å². The third kappa shape index (κ3) is 3.83. The lowest BCUT2D eigenvalue weighted by molar-refractivity contribution is -0.136. The van der Waals surface area contributed by atoms with Gasteiger partial charge < -0.3 is 24.9 Å². The van der Waals surface area contributed by atoms with Gasteiger partial charge in [-0.05, 0) is 23.8 Å². The molecule has 0 fully saturated rings. The van der Waals surface area contributed by atoms with Crippen LogP contribution in [0.1, 0.15) is 5.56 Å². The topological polar surface area (TPSA) is 141 Å².